The Balaban J connectivity index is 2.85. The zero-order valence-corrected chi connectivity index (χ0v) is 10.0. The molecule has 2 heteroatoms. The Morgan fingerprint density at radius 1 is 1.13 bits per heavy atom. The van der Waals surface area contributed by atoms with Crippen molar-refractivity contribution in [3.8, 4) is 0 Å². The standard InChI is InChI=1S/C13H21NO/c1-10(14)12(15-13(2,3)4)11-8-6-5-7-9-11/h5-10,12H,14H2,1-4H3/t10?,12-/m0/s1. The first-order valence-electron chi connectivity index (χ1n) is 5.38. The fourth-order valence-electron chi connectivity index (χ4n) is 1.50. The second-order valence-electron chi connectivity index (χ2n) is 4.92. The summed E-state index contributed by atoms with van der Waals surface area (Å²) < 4.78 is 5.96. The van der Waals surface area contributed by atoms with E-state index in [9.17, 15) is 0 Å². The molecule has 0 saturated heterocycles. The van der Waals surface area contributed by atoms with Crippen LogP contribution < -0.4 is 5.73 Å². The lowest BCUT2D eigenvalue weighted by Crippen LogP contribution is -2.33. The van der Waals surface area contributed by atoms with E-state index in [1.165, 1.54) is 0 Å². The van der Waals surface area contributed by atoms with Gasteiger partial charge in [0.25, 0.3) is 0 Å². The minimum absolute atomic E-state index is 0.00775. The molecule has 0 radical (unpaired) electrons. The van der Waals surface area contributed by atoms with Crippen molar-refractivity contribution in [3.05, 3.63) is 35.9 Å². The van der Waals surface area contributed by atoms with Gasteiger partial charge in [-0.1, -0.05) is 30.3 Å². The zero-order chi connectivity index (χ0) is 11.5. The molecule has 0 aliphatic rings. The van der Waals surface area contributed by atoms with Crippen molar-refractivity contribution in [1.82, 2.24) is 0 Å². The first-order chi connectivity index (χ1) is 6.90. The van der Waals surface area contributed by atoms with Crippen LogP contribution in [0.15, 0.2) is 30.3 Å². The second kappa shape index (κ2) is 4.77. The maximum atomic E-state index is 5.96. The number of nitrogens with two attached hydrogens (primary N) is 1. The lowest BCUT2D eigenvalue weighted by Gasteiger charge is -2.30. The zero-order valence-electron chi connectivity index (χ0n) is 10.0. The molecule has 2 nitrogen and oxygen atoms in total. The van der Waals surface area contributed by atoms with Gasteiger partial charge in [-0.3, -0.25) is 0 Å². The van der Waals surface area contributed by atoms with Gasteiger partial charge in [0.15, 0.2) is 0 Å². The summed E-state index contributed by atoms with van der Waals surface area (Å²) in [5.74, 6) is 0. The third-order valence-corrected chi connectivity index (χ3v) is 2.09. The summed E-state index contributed by atoms with van der Waals surface area (Å²) in [6.07, 6.45) is -0.0359. The van der Waals surface area contributed by atoms with Gasteiger partial charge in [-0.25, -0.2) is 0 Å². The molecule has 0 spiro atoms. The average molecular weight is 207 g/mol. The Kier molecular flexibility index (Phi) is 3.89. The highest BCUT2D eigenvalue weighted by Gasteiger charge is 2.23. The van der Waals surface area contributed by atoms with Crippen molar-refractivity contribution in [3.63, 3.8) is 0 Å². The number of benzene rings is 1. The van der Waals surface area contributed by atoms with E-state index in [0.29, 0.717) is 0 Å². The van der Waals surface area contributed by atoms with E-state index in [2.05, 4.69) is 12.1 Å². The Morgan fingerprint density at radius 3 is 2.07 bits per heavy atom. The second-order valence-corrected chi connectivity index (χ2v) is 4.92. The molecule has 1 aromatic rings. The molecule has 0 fully saturated rings. The minimum atomic E-state index is -0.172. The number of hydrogen-bond acceptors (Lipinski definition) is 2. The van der Waals surface area contributed by atoms with E-state index in [4.69, 9.17) is 10.5 Å². The van der Waals surface area contributed by atoms with E-state index in [-0.39, 0.29) is 17.7 Å². The van der Waals surface area contributed by atoms with Gasteiger partial charge in [0.2, 0.25) is 0 Å². The van der Waals surface area contributed by atoms with Crippen molar-refractivity contribution in [2.24, 2.45) is 5.73 Å². The first-order valence-corrected chi connectivity index (χ1v) is 5.38. The largest absolute Gasteiger partial charge is 0.366 e. The van der Waals surface area contributed by atoms with Crippen LogP contribution >= 0.6 is 0 Å². The van der Waals surface area contributed by atoms with Crippen LogP contribution in [0.3, 0.4) is 0 Å². The van der Waals surface area contributed by atoms with E-state index in [1.54, 1.807) is 0 Å². The van der Waals surface area contributed by atoms with Gasteiger partial charge in [0.05, 0.1) is 11.7 Å². The Labute approximate surface area is 92.4 Å². The van der Waals surface area contributed by atoms with Gasteiger partial charge >= 0.3 is 0 Å². The minimum Gasteiger partial charge on any atom is -0.366 e. The van der Waals surface area contributed by atoms with Crippen molar-refractivity contribution >= 4 is 0 Å². The van der Waals surface area contributed by atoms with Crippen LogP contribution in [0.25, 0.3) is 0 Å². The number of rotatable bonds is 3. The van der Waals surface area contributed by atoms with E-state index in [1.807, 2.05) is 45.9 Å². The molecule has 1 aromatic carbocycles. The predicted molar refractivity (Wildman–Crippen MR) is 63.7 cm³/mol. The summed E-state index contributed by atoms with van der Waals surface area (Å²) in [6, 6.07) is 10.1. The van der Waals surface area contributed by atoms with Crippen LogP contribution in [0.2, 0.25) is 0 Å². The molecular weight excluding hydrogens is 186 g/mol. The Morgan fingerprint density at radius 2 is 1.67 bits per heavy atom. The molecule has 0 aliphatic carbocycles. The highest BCUT2D eigenvalue weighted by atomic mass is 16.5. The van der Waals surface area contributed by atoms with Crippen LogP contribution in [0.5, 0.6) is 0 Å². The highest BCUT2D eigenvalue weighted by molar-refractivity contribution is 5.19. The van der Waals surface area contributed by atoms with E-state index >= 15 is 0 Å². The molecule has 15 heavy (non-hydrogen) atoms. The molecule has 0 heterocycles. The highest BCUT2D eigenvalue weighted by Crippen LogP contribution is 2.25. The van der Waals surface area contributed by atoms with Crippen LogP contribution in [-0.2, 0) is 4.74 Å². The van der Waals surface area contributed by atoms with Gasteiger partial charge in [0.1, 0.15) is 0 Å². The molecule has 0 amide bonds. The van der Waals surface area contributed by atoms with Crippen LogP contribution in [0.4, 0.5) is 0 Å². The molecule has 1 unspecified atom stereocenters. The Hall–Kier alpha value is -0.860. The van der Waals surface area contributed by atoms with E-state index < -0.39 is 0 Å². The average Bonchev–Trinajstić information content (AvgIpc) is 2.14. The summed E-state index contributed by atoms with van der Waals surface area (Å²) in [5.41, 5.74) is 6.92. The summed E-state index contributed by atoms with van der Waals surface area (Å²) >= 11 is 0. The fraction of sp³-hybridized carbons (Fsp3) is 0.538. The fourth-order valence-corrected chi connectivity index (χ4v) is 1.50. The topological polar surface area (TPSA) is 35.2 Å². The van der Waals surface area contributed by atoms with Gasteiger partial charge < -0.3 is 10.5 Å². The summed E-state index contributed by atoms with van der Waals surface area (Å²) in [6.45, 7) is 8.12. The monoisotopic (exact) mass is 207 g/mol. The lowest BCUT2D eigenvalue weighted by atomic mass is 10.0. The summed E-state index contributed by atoms with van der Waals surface area (Å²) in [5, 5.41) is 0. The van der Waals surface area contributed by atoms with E-state index in [0.717, 1.165) is 5.56 Å². The molecule has 2 N–H and O–H groups in total. The van der Waals surface area contributed by atoms with Gasteiger partial charge in [-0.2, -0.15) is 0 Å². The van der Waals surface area contributed by atoms with Crippen LogP contribution in [0.1, 0.15) is 39.4 Å². The molecule has 0 aromatic heterocycles. The smallest absolute Gasteiger partial charge is 0.0980 e. The molecule has 2 atom stereocenters. The first kappa shape index (κ1) is 12.2. The van der Waals surface area contributed by atoms with Gasteiger partial charge in [-0.15, -0.1) is 0 Å². The van der Waals surface area contributed by atoms with Crippen molar-refractivity contribution < 1.29 is 4.74 Å². The molecule has 84 valence electrons. The summed E-state index contributed by atoms with van der Waals surface area (Å²) in [7, 11) is 0. The van der Waals surface area contributed by atoms with Crippen LogP contribution in [-0.4, -0.2) is 11.6 Å². The molecule has 0 bridgehead atoms. The lowest BCUT2D eigenvalue weighted by molar-refractivity contribution is -0.0701. The molecule has 1 rings (SSSR count). The molecule has 0 saturated carbocycles. The third-order valence-electron chi connectivity index (χ3n) is 2.09. The van der Waals surface area contributed by atoms with Gasteiger partial charge in [-0.05, 0) is 33.3 Å². The van der Waals surface area contributed by atoms with Crippen molar-refractivity contribution in [2.75, 3.05) is 0 Å². The summed E-state index contributed by atoms with van der Waals surface area (Å²) in [4.78, 5) is 0. The third kappa shape index (κ3) is 4.02. The number of hydrogen-bond donors (Lipinski definition) is 1. The maximum absolute atomic E-state index is 5.96. The van der Waals surface area contributed by atoms with Crippen molar-refractivity contribution in [1.29, 1.82) is 0 Å². The normalized spacial score (nSPS) is 16.1. The van der Waals surface area contributed by atoms with Gasteiger partial charge in [0, 0.05) is 6.04 Å². The number of ether oxygens (including phenoxy) is 1. The van der Waals surface area contributed by atoms with Crippen LogP contribution in [0, 0.1) is 0 Å². The SMILES string of the molecule is CC(N)[C@H](OC(C)(C)C)c1ccccc1. The quantitative estimate of drug-likeness (QED) is 0.827. The maximum Gasteiger partial charge on any atom is 0.0980 e. The van der Waals surface area contributed by atoms with Crippen molar-refractivity contribution in [2.45, 2.75) is 45.4 Å². The molecular formula is C13H21NO. The predicted octanol–water partition coefficient (Wildman–Crippen LogP) is 2.89. The molecule has 0 aliphatic heterocycles. The Bertz CT molecular complexity index is 287.